The van der Waals surface area contributed by atoms with Crippen LogP contribution in [0.3, 0.4) is 0 Å². The molecule has 4 aromatic rings. The van der Waals surface area contributed by atoms with Gasteiger partial charge in [0.25, 0.3) is 0 Å². The normalized spacial score (nSPS) is 14.0. The standard InChI is InChI=1S/C37H41N3O5S/c1-28-10-12-30(13-11-28)26-38-37(42)36(32-8-4-3-5-9-32)40(27-31-14-19-33(45-2)20-15-31)35(41)23-18-29-16-21-34(22-17-29)46(43,44)39-24-6-7-25-39/h3-5,8-17,19-22,36H,6-7,18,23-27H2,1-2H3,(H,38,42). The van der Waals surface area contributed by atoms with Crippen molar-refractivity contribution >= 4 is 21.8 Å². The molecule has 0 bridgehead atoms. The van der Waals surface area contributed by atoms with Crippen LogP contribution >= 0.6 is 0 Å². The largest absolute Gasteiger partial charge is 0.497 e. The Labute approximate surface area is 272 Å². The summed E-state index contributed by atoms with van der Waals surface area (Å²) in [5.41, 5.74) is 4.52. The molecule has 8 nitrogen and oxygen atoms in total. The summed E-state index contributed by atoms with van der Waals surface area (Å²) in [4.78, 5) is 29.9. The average molecular weight is 640 g/mol. The molecule has 9 heteroatoms. The highest BCUT2D eigenvalue weighted by Crippen LogP contribution is 2.27. The highest BCUT2D eigenvalue weighted by molar-refractivity contribution is 7.89. The van der Waals surface area contributed by atoms with E-state index in [0.29, 0.717) is 37.4 Å². The molecule has 5 rings (SSSR count). The van der Waals surface area contributed by atoms with Crippen molar-refractivity contribution in [2.75, 3.05) is 20.2 Å². The fourth-order valence-electron chi connectivity index (χ4n) is 5.65. The minimum absolute atomic E-state index is 0.142. The number of carbonyl (C=O) groups excluding carboxylic acids is 2. The zero-order valence-electron chi connectivity index (χ0n) is 26.4. The molecule has 0 spiro atoms. The fourth-order valence-corrected chi connectivity index (χ4v) is 7.17. The SMILES string of the molecule is COc1ccc(CN(C(=O)CCc2ccc(S(=O)(=O)N3CCCC3)cc2)C(C(=O)NCc2ccc(C)cc2)c2ccccc2)cc1. The molecule has 1 saturated heterocycles. The monoisotopic (exact) mass is 639 g/mol. The summed E-state index contributed by atoms with van der Waals surface area (Å²) in [6.45, 7) is 3.65. The maximum absolute atomic E-state index is 14.1. The third-order valence-corrected chi connectivity index (χ3v) is 10.3. The maximum atomic E-state index is 14.1. The van der Waals surface area contributed by atoms with Crippen molar-refractivity contribution in [2.45, 2.75) is 56.6 Å². The predicted molar refractivity (Wildman–Crippen MR) is 179 cm³/mol. The second kappa shape index (κ2) is 15.2. The van der Waals surface area contributed by atoms with Gasteiger partial charge in [0.1, 0.15) is 11.8 Å². The summed E-state index contributed by atoms with van der Waals surface area (Å²) in [6, 6.07) is 30.7. The van der Waals surface area contributed by atoms with Crippen LogP contribution in [0, 0.1) is 6.92 Å². The Kier molecular flexibility index (Phi) is 10.9. The van der Waals surface area contributed by atoms with E-state index < -0.39 is 16.1 Å². The molecule has 2 amide bonds. The Morgan fingerprint density at radius 2 is 1.43 bits per heavy atom. The maximum Gasteiger partial charge on any atom is 0.247 e. The van der Waals surface area contributed by atoms with Crippen LogP contribution in [0.4, 0.5) is 0 Å². The molecular formula is C37H41N3O5S. The van der Waals surface area contributed by atoms with Gasteiger partial charge in [-0.1, -0.05) is 84.4 Å². The number of benzene rings is 4. The van der Waals surface area contributed by atoms with Crippen LogP contribution in [-0.2, 0) is 39.1 Å². The Bertz CT molecular complexity index is 1700. The van der Waals surface area contributed by atoms with Gasteiger partial charge in [0.2, 0.25) is 21.8 Å². The third-order valence-electron chi connectivity index (χ3n) is 8.35. The number of nitrogens with one attached hydrogen (secondary N) is 1. The summed E-state index contributed by atoms with van der Waals surface area (Å²) in [5.74, 6) is 0.237. The van der Waals surface area contributed by atoms with Crippen molar-refractivity contribution in [3.63, 3.8) is 0 Å². The number of ether oxygens (including phenoxy) is 1. The molecule has 1 heterocycles. The Hall–Kier alpha value is -4.47. The van der Waals surface area contributed by atoms with Gasteiger partial charge in [0.05, 0.1) is 12.0 Å². The molecule has 0 aliphatic carbocycles. The first-order chi connectivity index (χ1) is 22.2. The summed E-state index contributed by atoms with van der Waals surface area (Å²) in [6.07, 6.45) is 2.29. The number of rotatable bonds is 13. The first-order valence-corrected chi connectivity index (χ1v) is 17.1. The number of carbonyl (C=O) groups is 2. The fraction of sp³-hybridized carbons (Fsp3) is 0.297. The van der Waals surface area contributed by atoms with Gasteiger partial charge in [-0.05, 0) is 72.7 Å². The summed E-state index contributed by atoms with van der Waals surface area (Å²) >= 11 is 0. The van der Waals surface area contributed by atoms with Crippen molar-refractivity contribution in [1.82, 2.24) is 14.5 Å². The van der Waals surface area contributed by atoms with E-state index in [2.05, 4.69) is 5.32 Å². The van der Waals surface area contributed by atoms with Crippen LogP contribution in [0.15, 0.2) is 108 Å². The van der Waals surface area contributed by atoms with E-state index in [1.54, 1.807) is 36.3 Å². The van der Waals surface area contributed by atoms with E-state index in [9.17, 15) is 18.0 Å². The van der Waals surface area contributed by atoms with Crippen molar-refractivity contribution in [2.24, 2.45) is 0 Å². The van der Waals surface area contributed by atoms with Crippen molar-refractivity contribution < 1.29 is 22.7 Å². The topological polar surface area (TPSA) is 96.0 Å². The highest BCUT2D eigenvalue weighted by atomic mass is 32.2. The molecule has 0 saturated carbocycles. The third kappa shape index (κ3) is 8.21. The van der Waals surface area contributed by atoms with Crippen LogP contribution in [-0.4, -0.2) is 49.6 Å². The van der Waals surface area contributed by atoms with Crippen LogP contribution in [0.2, 0.25) is 0 Å². The lowest BCUT2D eigenvalue weighted by molar-refractivity contribution is -0.141. The van der Waals surface area contributed by atoms with Gasteiger partial charge in [-0.25, -0.2) is 8.42 Å². The molecule has 1 N–H and O–H groups in total. The van der Waals surface area contributed by atoms with Crippen LogP contribution in [0.5, 0.6) is 5.75 Å². The van der Waals surface area contributed by atoms with E-state index in [1.807, 2.05) is 85.8 Å². The lowest BCUT2D eigenvalue weighted by Crippen LogP contribution is -2.43. The van der Waals surface area contributed by atoms with Gasteiger partial charge < -0.3 is 15.0 Å². The second-order valence-electron chi connectivity index (χ2n) is 11.6. The Balaban J connectivity index is 1.38. The number of sulfonamides is 1. The van der Waals surface area contributed by atoms with Gasteiger partial charge in [-0.2, -0.15) is 4.31 Å². The van der Waals surface area contributed by atoms with Gasteiger partial charge in [0.15, 0.2) is 0 Å². The smallest absolute Gasteiger partial charge is 0.247 e. The molecule has 1 atom stereocenters. The number of aryl methyl sites for hydroxylation is 2. The minimum atomic E-state index is -3.51. The van der Waals surface area contributed by atoms with Gasteiger partial charge in [-0.3, -0.25) is 9.59 Å². The molecule has 1 fully saturated rings. The zero-order chi connectivity index (χ0) is 32.5. The van der Waals surface area contributed by atoms with Crippen molar-refractivity contribution in [3.8, 4) is 5.75 Å². The van der Waals surface area contributed by atoms with Gasteiger partial charge >= 0.3 is 0 Å². The molecule has 240 valence electrons. The molecule has 1 aliphatic rings. The lowest BCUT2D eigenvalue weighted by atomic mass is 10.0. The summed E-state index contributed by atoms with van der Waals surface area (Å²) in [7, 11) is -1.91. The first-order valence-electron chi connectivity index (χ1n) is 15.6. The van der Waals surface area contributed by atoms with Crippen molar-refractivity contribution in [3.05, 3.63) is 131 Å². The summed E-state index contributed by atoms with van der Waals surface area (Å²) < 4.78 is 32.8. The molecular weight excluding hydrogens is 598 g/mol. The van der Waals surface area contributed by atoms with Crippen LogP contribution in [0.1, 0.15) is 53.1 Å². The van der Waals surface area contributed by atoms with E-state index in [-0.39, 0.29) is 29.7 Å². The minimum Gasteiger partial charge on any atom is -0.497 e. The highest BCUT2D eigenvalue weighted by Gasteiger charge is 2.32. The average Bonchev–Trinajstić information content (AvgIpc) is 3.64. The Morgan fingerprint density at radius 3 is 2.07 bits per heavy atom. The van der Waals surface area contributed by atoms with E-state index >= 15 is 0 Å². The van der Waals surface area contributed by atoms with Crippen molar-refractivity contribution in [1.29, 1.82) is 0 Å². The second-order valence-corrected chi connectivity index (χ2v) is 13.6. The lowest BCUT2D eigenvalue weighted by Gasteiger charge is -2.32. The first kappa shape index (κ1) is 32.9. The molecule has 0 radical (unpaired) electrons. The van der Waals surface area contributed by atoms with Gasteiger partial charge in [-0.15, -0.1) is 0 Å². The number of nitrogens with zero attached hydrogens (tertiary/aromatic N) is 2. The number of hydrogen-bond acceptors (Lipinski definition) is 5. The van der Waals surface area contributed by atoms with Crippen LogP contribution in [0.25, 0.3) is 0 Å². The molecule has 4 aromatic carbocycles. The molecule has 0 aromatic heterocycles. The van der Waals surface area contributed by atoms with Gasteiger partial charge in [0, 0.05) is 32.6 Å². The van der Waals surface area contributed by atoms with Crippen LogP contribution < -0.4 is 10.1 Å². The molecule has 46 heavy (non-hydrogen) atoms. The summed E-state index contributed by atoms with van der Waals surface area (Å²) in [5, 5.41) is 3.06. The predicted octanol–water partition coefficient (Wildman–Crippen LogP) is 5.81. The van der Waals surface area contributed by atoms with E-state index in [1.165, 1.54) is 4.31 Å². The number of hydrogen-bond donors (Lipinski definition) is 1. The Morgan fingerprint density at radius 1 is 0.826 bits per heavy atom. The number of methoxy groups -OCH3 is 1. The van der Waals surface area contributed by atoms with E-state index in [0.717, 1.165) is 35.1 Å². The molecule has 1 unspecified atom stereocenters. The zero-order valence-corrected chi connectivity index (χ0v) is 27.2. The number of amides is 2. The molecule has 1 aliphatic heterocycles. The quantitative estimate of drug-likeness (QED) is 0.199. The van der Waals surface area contributed by atoms with E-state index in [4.69, 9.17) is 4.74 Å².